The number of aliphatic hydroxyl groups excluding tert-OH is 4. The van der Waals surface area contributed by atoms with Crippen LogP contribution in [0.15, 0.2) is 52.5 Å². The second kappa shape index (κ2) is 19.6. The van der Waals surface area contributed by atoms with Crippen molar-refractivity contribution in [3.05, 3.63) is 59.2 Å². The van der Waals surface area contributed by atoms with E-state index in [1.54, 1.807) is 42.5 Å². The molecule has 0 saturated carbocycles. The number of carbonyl (C=O) groups excluding carboxylic acids is 2. The molecular formula is C35H50N8O10. The number of fused-ring (bicyclic) bond motifs is 1. The van der Waals surface area contributed by atoms with Crippen molar-refractivity contribution in [2.45, 2.75) is 68.4 Å². The highest BCUT2D eigenvalue weighted by Crippen LogP contribution is 2.51. The first-order valence-electron chi connectivity index (χ1n) is 17.2. The van der Waals surface area contributed by atoms with E-state index in [0.29, 0.717) is 80.1 Å². The van der Waals surface area contributed by atoms with E-state index < -0.39 is 49.3 Å². The van der Waals surface area contributed by atoms with Crippen LogP contribution in [-0.4, -0.2) is 115 Å². The highest BCUT2D eigenvalue weighted by Gasteiger charge is 2.45. The van der Waals surface area contributed by atoms with Crippen LogP contribution >= 0.6 is 0 Å². The summed E-state index contributed by atoms with van der Waals surface area (Å²) in [5.74, 6) is -0.446. The second-order valence-electron chi connectivity index (χ2n) is 12.5. The molecule has 18 heteroatoms. The SMILES string of the molecule is COc1cc(/C=C\C(=O)NCCCCN=C(N)N)cc2c1O[C@H](c1ccc(O[C@@H]3O[C@H](CO)[C@@H](O)[C@H](O)[C@H]3O)cc1)[C@@H]2C(=O)NCCCCN=C(N)N. The number of benzene rings is 2. The van der Waals surface area contributed by atoms with Crippen LogP contribution < -0.4 is 47.8 Å². The predicted molar refractivity (Wildman–Crippen MR) is 195 cm³/mol. The summed E-state index contributed by atoms with van der Waals surface area (Å²) in [6.45, 7) is 1.09. The van der Waals surface area contributed by atoms with Gasteiger partial charge in [-0.15, -0.1) is 0 Å². The molecule has 1 fully saturated rings. The van der Waals surface area contributed by atoms with E-state index in [4.69, 9.17) is 41.9 Å². The number of hydrogen-bond donors (Lipinski definition) is 10. The number of hydrogen-bond acceptors (Lipinski definition) is 12. The molecule has 2 aliphatic heterocycles. The molecule has 0 radical (unpaired) electrons. The lowest BCUT2D eigenvalue weighted by atomic mass is 9.89. The number of nitrogens with zero attached hydrogens (tertiary/aromatic N) is 2. The predicted octanol–water partition coefficient (Wildman–Crippen LogP) is -1.56. The van der Waals surface area contributed by atoms with Crippen LogP contribution in [0.25, 0.3) is 6.08 Å². The third kappa shape index (κ3) is 11.2. The number of aliphatic hydroxyl groups is 4. The maximum Gasteiger partial charge on any atom is 0.243 e. The van der Waals surface area contributed by atoms with Crippen molar-refractivity contribution in [2.75, 3.05) is 39.9 Å². The molecule has 0 aliphatic carbocycles. The van der Waals surface area contributed by atoms with Crippen LogP contribution in [0, 0.1) is 0 Å². The summed E-state index contributed by atoms with van der Waals surface area (Å²) in [6, 6.07) is 9.99. The van der Waals surface area contributed by atoms with E-state index >= 15 is 0 Å². The largest absolute Gasteiger partial charge is 0.493 e. The minimum atomic E-state index is -1.60. The first-order valence-corrected chi connectivity index (χ1v) is 17.2. The number of aliphatic imine (C=N–C) groups is 2. The van der Waals surface area contributed by atoms with Gasteiger partial charge in [-0.3, -0.25) is 19.6 Å². The minimum absolute atomic E-state index is 0.00278. The smallest absolute Gasteiger partial charge is 0.243 e. The second-order valence-corrected chi connectivity index (χ2v) is 12.5. The number of ether oxygens (including phenoxy) is 4. The Hall–Kier alpha value is -5.14. The number of nitrogens with one attached hydrogen (secondary N) is 2. The summed E-state index contributed by atoms with van der Waals surface area (Å²) < 4.78 is 23.3. The lowest BCUT2D eigenvalue weighted by Gasteiger charge is -2.39. The molecule has 0 aromatic heterocycles. The van der Waals surface area contributed by atoms with E-state index in [1.165, 1.54) is 13.2 Å². The lowest BCUT2D eigenvalue weighted by molar-refractivity contribution is -0.277. The van der Waals surface area contributed by atoms with E-state index in [9.17, 15) is 30.0 Å². The van der Waals surface area contributed by atoms with Crippen molar-refractivity contribution >= 4 is 29.8 Å². The van der Waals surface area contributed by atoms with Gasteiger partial charge in [-0.2, -0.15) is 0 Å². The Morgan fingerprint density at radius 1 is 0.887 bits per heavy atom. The van der Waals surface area contributed by atoms with Gasteiger partial charge in [0.05, 0.1) is 13.7 Å². The number of nitrogens with two attached hydrogens (primary N) is 4. The average Bonchev–Trinajstić information content (AvgIpc) is 3.53. The third-order valence-corrected chi connectivity index (χ3v) is 8.58. The molecule has 4 rings (SSSR count). The summed E-state index contributed by atoms with van der Waals surface area (Å²) in [7, 11) is 1.48. The maximum atomic E-state index is 13.9. The van der Waals surface area contributed by atoms with Crippen molar-refractivity contribution in [2.24, 2.45) is 32.9 Å². The molecule has 1 saturated heterocycles. The normalized spacial score (nSPS) is 23.4. The van der Waals surface area contributed by atoms with Gasteiger partial charge in [-0.05, 0) is 67.2 Å². The van der Waals surface area contributed by atoms with Gasteiger partial charge in [0.15, 0.2) is 23.4 Å². The summed E-state index contributed by atoms with van der Waals surface area (Å²) in [5, 5.41) is 45.9. The zero-order valence-corrected chi connectivity index (χ0v) is 29.5. The van der Waals surface area contributed by atoms with Gasteiger partial charge in [0.1, 0.15) is 42.2 Å². The third-order valence-electron chi connectivity index (χ3n) is 8.58. The summed E-state index contributed by atoms with van der Waals surface area (Å²) in [5.41, 5.74) is 23.2. The molecule has 290 valence electrons. The van der Waals surface area contributed by atoms with Crippen LogP contribution in [0.5, 0.6) is 17.2 Å². The Morgan fingerprint density at radius 3 is 2.13 bits per heavy atom. The topological polar surface area (TPSA) is 305 Å². The Labute approximate surface area is 306 Å². The molecule has 2 aromatic rings. The van der Waals surface area contributed by atoms with Crippen LogP contribution in [0.3, 0.4) is 0 Å². The molecule has 2 heterocycles. The number of unbranched alkanes of at least 4 members (excludes halogenated alkanes) is 2. The minimum Gasteiger partial charge on any atom is -0.493 e. The van der Waals surface area contributed by atoms with Crippen LogP contribution in [-0.2, 0) is 14.3 Å². The molecule has 0 unspecified atom stereocenters. The van der Waals surface area contributed by atoms with E-state index in [1.807, 2.05) is 0 Å². The monoisotopic (exact) mass is 742 g/mol. The standard InChI is InChI=1S/C35H50N8O10/c1-50-23-17-19(6-11-25(45)40-12-2-4-14-42-34(36)37)16-22-26(32(49)41-13-3-5-15-43-35(38)39)30(53-31(22)23)20-7-9-21(10-8-20)51-33-29(48)28(47)27(46)24(18-44)52-33/h6-11,16-17,24,26-30,33,44,46-48H,2-5,12-15,18H2,1H3,(H,40,45)(H,41,49)(H4,36,37,42)(H4,38,39,43)/b11-6-/t24-,26-,27-,28+,29-,30-,33-/m1/s1. The summed E-state index contributed by atoms with van der Waals surface area (Å²) >= 11 is 0. The molecule has 2 aliphatic rings. The molecule has 53 heavy (non-hydrogen) atoms. The number of methoxy groups -OCH3 is 1. The van der Waals surface area contributed by atoms with Crippen molar-refractivity contribution in [1.29, 1.82) is 0 Å². The molecule has 7 atom stereocenters. The van der Waals surface area contributed by atoms with Crippen molar-refractivity contribution < 1.29 is 49.0 Å². The Bertz CT molecular complexity index is 1610. The van der Waals surface area contributed by atoms with Gasteiger partial charge in [-0.1, -0.05) is 12.1 Å². The van der Waals surface area contributed by atoms with Gasteiger partial charge in [0, 0.05) is 37.8 Å². The fourth-order valence-corrected chi connectivity index (χ4v) is 5.84. The van der Waals surface area contributed by atoms with Gasteiger partial charge in [0.2, 0.25) is 18.1 Å². The molecular weight excluding hydrogens is 692 g/mol. The number of rotatable bonds is 18. The zero-order chi connectivity index (χ0) is 38.5. The van der Waals surface area contributed by atoms with E-state index in [-0.39, 0.29) is 29.5 Å². The van der Waals surface area contributed by atoms with Crippen LogP contribution in [0.1, 0.15) is 54.4 Å². The van der Waals surface area contributed by atoms with Crippen LogP contribution in [0.2, 0.25) is 0 Å². The summed E-state index contributed by atoms with van der Waals surface area (Å²) in [6.07, 6.45) is -2.34. The van der Waals surface area contributed by atoms with Gasteiger partial charge in [0.25, 0.3) is 0 Å². The van der Waals surface area contributed by atoms with Crippen molar-refractivity contribution in [3.63, 3.8) is 0 Å². The number of amides is 2. The van der Waals surface area contributed by atoms with Crippen LogP contribution in [0.4, 0.5) is 0 Å². The molecule has 18 nitrogen and oxygen atoms in total. The first-order chi connectivity index (χ1) is 25.4. The zero-order valence-electron chi connectivity index (χ0n) is 29.5. The molecule has 14 N–H and O–H groups in total. The highest BCUT2D eigenvalue weighted by atomic mass is 16.7. The van der Waals surface area contributed by atoms with E-state index in [2.05, 4.69) is 20.6 Å². The van der Waals surface area contributed by atoms with Gasteiger partial charge in [-0.25, -0.2) is 0 Å². The van der Waals surface area contributed by atoms with E-state index in [0.717, 1.165) is 0 Å². The fourth-order valence-electron chi connectivity index (χ4n) is 5.84. The van der Waals surface area contributed by atoms with Gasteiger partial charge < -0.3 is 72.9 Å². The number of carbonyl (C=O) groups is 2. The lowest BCUT2D eigenvalue weighted by Crippen LogP contribution is -2.60. The Morgan fingerprint density at radius 2 is 1.53 bits per heavy atom. The Kier molecular flexibility index (Phi) is 15.0. The van der Waals surface area contributed by atoms with Crippen molar-refractivity contribution in [1.82, 2.24) is 10.6 Å². The fraction of sp³-hybridized carbons (Fsp3) is 0.486. The number of guanidine groups is 2. The molecule has 0 bridgehead atoms. The molecule has 2 amide bonds. The quantitative estimate of drug-likeness (QED) is 0.0358. The Balaban J connectivity index is 1.53. The highest BCUT2D eigenvalue weighted by molar-refractivity contribution is 5.92. The first kappa shape index (κ1) is 40.6. The molecule has 0 spiro atoms. The summed E-state index contributed by atoms with van der Waals surface area (Å²) in [4.78, 5) is 34.3. The van der Waals surface area contributed by atoms with Gasteiger partial charge >= 0.3 is 0 Å². The average molecular weight is 743 g/mol. The maximum absolute atomic E-state index is 13.9. The van der Waals surface area contributed by atoms with Crippen molar-refractivity contribution in [3.8, 4) is 17.2 Å². The molecule has 2 aromatic carbocycles.